The van der Waals surface area contributed by atoms with Crippen LogP contribution in [0.15, 0.2) is 29.3 Å². The molecule has 0 radical (unpaired) electrons. The normalized spacial score (nSPS) is 14.7. The maximum Gasteiger partial charge on any atom is 0.175 e. The summed E-state index contributed by atoms with van der Waals surface area (Å²) in [5.41, 5.74) is 0.932. The lowest BCUT2D eigenvalue weighted by Crippen LogP contribution is -2.40. The summed E-state index contributed by atoms with van der Waals surface area (Å²) < 4.78 is 17.2. The van der Waals surface area contributed by atoms with Crippen molar-refractivity contribution in [3.8, 4) is 11.5 Å². The van der Waals surface area contributed by atoms with E-state index >= 15 is 0 Å². The van der Waals surface area contributed by atoms with Crippen LogP contribution in [0.4, 0.5) is 0 Å². The number of methoxy groups -OCH3 is 1. The fourth-order valence-corrected chi connectivity index (χ4v) is 2.93. The minimum Gasteiger partial charge on any atom is -0.493 e. The van der Waals surface area contributed by atoms with Crippen molar-refractivity contribution in [1.29, 1.82) is 0 Å². The molecule has 0 aromatic heterocycles. The number of rotatable bonds is 5. The minimum absolute atomic E-state index is 0.419. The Morgan fingerprint density at radius 1 is 1.48 bits per heavy atom. The van der Waals surface area contributed by atoms with Crippen molar-refractivity contribution < 1.29 is 14.2 Å². The number of halogens is 1. The second kappa shape index (κ2) is 7.77. The van der Waals surface area contributed by atoms with Gasteiger partial charge in [-0.05, 0) is 28.1 Å². The van der Waals surface area contributed by atoms with Crippen molar-refractivity contribution in [2.45, 2.75) is 0 Å². The highest BCUT2D eigenvalue weighted by Crippen LogP contribution is 2.37. The number of thiocarbonyl (C=S) groups is 1. The summed E-state index contributed by atoms with van der Waals surface area (Å²) in [4.78, 5) is 2.94. The molecule has 0 unspecified atom stereocenters. The van der Waals surface area contributed by atoms with Gasteiger partial charge in [0.05, 0.1) is 24.8 Å². The van der Waals surface area contributed by atoms with E-state index in [9.17, 15) is 0 Å². The molecule has 0 spiro atoms. The van der Waals surface area contributed by atoms with Gasteiger partial charge in [0, 0.05) is 18.7 Å². The van der Waals surface area contributed by atoms with E-state index in [4.69, 9.17) is 26.4 Å². The van der Waals surface area contributed by atoms with Crippen LogP contribution in [0, 0.1) is 0 Å². The predicted molar refractivity (Wildman–Crippen MR) is 90.5 cm³/mol. The van der Waals surface area contributed by atoms with Crippen LogP contribution in [0.25, 0.3) is 0 Å². The van der Waals surface area contributed by atoms with E-state index in [1.165, 1.54) is 0 Å². The first-order chi connectivity index (χ1) is 10.2. The molecule has 6 heteroatoms. The van der Waals surface area contributed by atoms with Gasteiger partial charge >= 0.3 is 0 Å². The Morgan fingerprint density at radius 3 is 2.81 bits per heavy atom. The largest absolute Gasteiger partial charge is 0.493 e. The first-order valence-electron chi connectivity index (χ1n) is 6.65. The Morgan fingerprint density at radius 2 is 2.19 bits per heavy atom. The summed E-state index contributed by atoms with van der Waals surface area (Å²) in [6.07, 6.45) is 1.69. The van der Waals surface area contributed by atoms with E-state index in [2.05, 4.69) is 27.4 Å². The van der Waals surface area contributed by atoms with E-state index in [0.29, 0.717) is 31.3 Å². The SMILES string of the molecule is C=CCOc1c(Br)cc(C(=S)N2CCOCC2)cc1OC. The van der Waals surface area contributed by atoms with E-state index in [1.807, 2.05) is 12.1 Å². The number of ether oxygens (including phenoxy) is 3. The van der Waals surface area contributed by atoms with Crippen LogP contribution < -0.4 is 9.47 Å². The van der Waals surface area contributed by atoms with Gasteiger partial charge < -0.3 is 19.1 Å². The van der Waals surface area contributed by atoms with Gasteiger partial charge in [0.15, 0.2) is 11.5 Å². The average molecular weight is 372 g/mol. The molecule has 0 amide bonds. The maximum absolute atomic E-state index is 5.62. The van der Waals surface area contributed by atoms with Crippen LogP contribution in [-0.2, 0) is 4.74 Å². The average Bonchev–Trinajstić information content (AvgIpc) is 2.53. The lowest BCUT2D eigenvalue weighted by atomic mass is 10.1. The van der Waals surface area contributed by atoms with Crippen LogP contribution >= 0.6 is 28.1 Å². The molecule has 1 heterocycles. The molecular weight excluding hydrogens is 354 g/mol. The number of nitrogens with zero attached hydrogens (tertiary/aromatic N) is 1. The summed E-state index contributed by atoms with van der Waals surface area (Å²) in [6, 6.07) is 3.86. The van der Waals surface area contributed by atoms with Crippen LogP contribution in [0.1, 0.15) is 5.56 Å². The zero-order chi connectivity index (χ0) is 15.2. The van der Waals surface area contributed by atoms with Gasteiger partial charge in [0.2, 0.25) is 0 Å². The molecule has 0 N–H and O–H groups in total. The molecule has 1 aliphatic heterocycles. The molecule has 0 atom stereocenters. The summed E-state index contributed by atoms with van der Waals surface area (Å²) in [6.45, 7) is 7.11. The van der Waals surface area contributed by atoms with E-state index in [0.717, 1.165) is 28.1 Å². The second-order valence-corrected chi connectivity index (χ2v) is 5.73. The van der Waals surface area contributed by atoms with Crippen molar-refractivity contribution in [2.75, 3.05) is 40.0 Å². The van der Waals surface area contributed by atoms with Gasteiger partial charge in [0.1, 0.15) is 11.6 Å². The van der Waals surface area contributed by atoms with Gasteiger partial charge in [-0.25, -0.2) is 0 Å². The Bertz CT molecular complexity index is 530. The number of morpholine rings is 1. The van der Waals surface area contributed by atoms with E-state index in [-0.39, 0.29) is 0 Å². The van der Waals surface area contributed by atoms with Gasteiger partial charge in [-0.2, -0.15) is 0 Å². The summed E-state index contributed by atoms with van der Waals surface area (Å²) in [5.74, 6) is 1.31. The van der Waals surface area contributed by atoms with E-state index < -0.39 is 0 Å². The zero-order valence-electron chi connectivity index (χ0n) is 11.9. The second-order valence-electron chi connectivity index (χ2n) is 4.49. The van der Waals surface area contributed by atoms with Gasteiger partial charge in [0.25, 0.3) is 0 Å². The molecule has 0 aliphatic carbocycles. The highest BCUT2D eigenvalue weighted by atomic mass is 79.9. The molecule has 1 aromatic rings. The van der Waals surface area contributed by atoms with E-state index in [1.54, 1.807) is 13.2 Å². The molecule has 2 rings (SSSR count). The first kappa shape index (κ1) is 16.3. The molecule has 1 saturated heterocycles. The molecular formula is C15H18BrNO3S. The van der Waals surface area contributed by atoms with Crippen LogP contribution in [0.5, 0.6) is 11.5 Å². The van der Waals surface area contributed by atoms with Crippen molar-refractivity contribution >= 4 is 33.1 Å². The summed E-state index contributed by atoms with van der Waals surface area (Å²) >= 11 is 9.09. The standard InChI is InChI=1S/C15H18BrNO3S/c1-3-6-20-14-12(16)9-11(10-13(14)18-2)15(21)17-4-7-19-8-5-17/h3,9-10H,1,4-8H2,2H3. The van der Waals surface area contributed by atoms with Crippen LogP contribution in [-0.4, -0.2) is 49.9 Å². The topological polar surface area (TPSA) is 30.9 Å². The molecule has 4 nitrogen and oxygen atoms in total. The summed E-state index contributed by atoms with van der Waals surface area (Å²) in [7, 11) is 1.62. The van der Waals surface area contributed by atoms with Crippen LogP contribution in [0.3, 0.4) is 0 Å². The molecule has 0 saturated carbocycles. The number of hydrogen-bond donors (Lipinski definition) is 0. The Kier molecular flexibility index (Phi) is 6.02. The monoisotopic (exact) mass is 371 g/mol. The minimum atomic E-state index is 0.419. The molecule has 1 aliphatic rings. The molecule has 21 heavy (non-hydrogen) atoms. The highest BCUT2D eigenvalue weighted by Gasteiger charge is 2.19. The fraction of sp³-hybridized carbons (Fsp3) is 0.400. The summed E-state index contributed by atoms with van der Waals surface area (Å²) in [5, 5.41) is 0. The van der Waals surface area contributed by atoms with Gasteiger partial charge in [-0.3, -0.25) is 0 Å². The van der Waals surface area contributed by atoms with Gasteiger partial charge in [-0.1, -0.05) is 24.9 Å². The molecule has 114 valence electrons. The predicted octanol–water partition coefficient (Wildman–Crippen LogP) is 3.03. The molecule has 1 fully saturated rings. The quantitative estimate of drug-likeness (QED) is 0.586. The Hall–Kier alpha value is -1.11. The highest BCUT2D eigenvalue weighted by molar-refractivity contribution is 9.10. The van der Waals surface area contributed by atoms with Crippen molar-refractivity contribution in [3.63, 3.8) is 0 Å². The van der Waals surface area contributed by atoms with Crippen molar-refractivity contribution in [1.82, 2.24) is 4.90 Å². The lowest BCUT2D eigenvalue weighted by molar-refractivity contribution is 0.0693. The van der Waals surface area contributed by atoms with Crippen LogP contribution in [0.2, 0.25) is 0 Å². The Labute approximate surface area is 138 Å². The zero-order valence-corrected chi connectivity index (χ0v) is 14.3. The third-order valence-electron chi connectivity index (χ3n) is 3.12. The number of benzene rings is 1. The lowest BCUT2D eigenvalue weighted by Gasteiger charge is -2.29. The maximum atomic E-state index is 5.62. The van der Waals surface area contributed by atoms with Crippen molar-refractivity contribution in [2.24, 2.45) is 0 Å². The smallest absolute Gasteiger partial charge is 0.175 e. The number of hydrogen-bond acceptors (Lipinski definition) is 4. The van der Waals surface area contributed by atoms with Gasteiger partial charge in [-0.15, -0.1) is 0 Å². The van der Waals surface area contributed by atoms with Crippen molar-refractivity contribution in [3.05, 3.63) is 34.8 Å². The molecule has 1 aromatic carbocycles. The Balaban J connectivity index is 2.25. The third-order valence-corrected chi connectivity index (χ3v) is 4.20. The molecule has 0 bridgehead atoms. The third kappa shape index (κ3) is 3.96. The first-order valence-corrected chi connectivity index (χ1v) is 7.85. The fourth-order valence-electron chi connectivity index (χ4n) is 2.07.